The zero-order valence-corrected chi connectivity index (χ0v) is 13.4. The average Bonchev–Trinajstić information content (AvgIpc) is 2.45. The van der Waals surface area contributed by atoms with Crippen molar-refractivity contribution in [3.63, 3.8) is 0 Å². The molecule has 0 spiro atoms. The van der Waals surface area contributed by atoms with Gasteiger partial charge in [0.05, 0.1) is 16.9 Å². The summed E-state index contributed by atoms with van der Waals surface area (Å²) < 4.78 is 28.3. The molecule has 6 nitrogen and oxygen atoms in total. The molecule has 1 unspecified atom stereocenters. The molecule has 2 rings (SSSR count). The maximum Gasteiger partial charge on any atom is 0.253 e. The van der Waals surface area contributed by atoms with Gasteiger partial charge in [0.1, 0.15) is 0 Å². The Morgan fingerprint density at radius 1 is 1.43 bits per heavy atom. The SMILES string of the molecule is CC(C)(C(=O)NOC1CCCCO1)C1=CCS(=O)(=O)CC1. The van der Waals surface area contributed by atoms with E-state index < -0.39 is 15.3 Å². The number of rotatable bonds is 4. The lowest BCUT2D eigenvalue weighted by Gasteiger charge is -2.30. The zero-order valence-electron chi connectivity index (χ0n) is 12.6. The van der Waals surface area contributed by atoms with Crippen molar-refractivity contribution in [2.45, 2.75) is 45.8 Å². The van der Waals surface area contributed by atoms with Crippen LogP contribution in [0.5, 0.6) is 0 Å². The zero-order chi connectivity index (χ0) is 15.5. The summed E-state index contributed by atoms with van der Waals surface area (Å²) in [7, 11) is -2.99. The minimum Gasteiger partial charge on any atom is -0.350 e. The molecule has 1 N–H and O–H groups in total. The molecule has 120 valence electrons. The molecule has 2 aliphatic rings. The van der Waals surface area contributed by atoms with Crippen LogP contribution < -0.4 is 5.48 Å². The number of hydrogen-bond donors (Lipinski definition) is 1. The van der Waals surface area contributed by atoms with E-state index in [1.807, 2.05) is 0 Å². The van der Waals surface area contributed by atoms with Crippen LogP contribution in [0, 0.1) is 5.41 Å². The van der Waals surface area contributed by atoms with Crippen LogP contribution in [-0.4, -0.2) is 38.7 Å². The highest BCUT2D eigenvalue weighted by molar-refractivity contribution is 7.91. The standard InChI is InChI=1S/C14H23NO5S/c1-14(2,11-6-9-21(17,18)10-7-11)13(16)15-20-12-5-3-4-8-19-12/h6,12H,3-5,7-10H2,1-2H3,(H,15,16). The van der Waals surface area contributed by atoms with Crippen LogP contribution in [0.4, 0.5) is 0 Å². The highest BCUT2D eigenvalue weighted by Crippen LogP contribution is 2.32. The highest BCUT2D eigenvalue weighted by Gasteiger charge is 2.35. The minimum absolute atomic E-state index is 0.00559. The first-order valence-corrected chi connectivity index (χ1v) is 9.11. The van der Waals surface area contributed by atoms with Crippen LogP contribution in [0.1, 0.15) is 39.5 Å². The Morgan fingerprint density at radius 3 is 2.76 bits per heavy atom. The van der Waals surface area contributed by atoms with Crippen LogP contribution in [-0.2, 0) is 24.2 Å². The van der Waals surface area contributed by atoms with Crippen molar-refractivity contribution >= 4 is 15.7 Å². The Kier molecular flexibility index (Phi) is 5.06. The van der Waals surface area contributed by atoms with Crippen molar-refractivity contribution in [1.82, 2.24) is 5.48 Å². The van der Waals surface area contributed by atoms with Gasteiger partial charge in [-0.05, 0) is 33.1 Å². The number of hydrogen-bond acceptors (Lipinski definition) is 5. The fourth-order valence-electron chi connectivity index (χ4n) is 2.44. The molecule has 1 fully saturated rings. The van der Waals surface area contributed by atoms with E-state index in [-0.39, 0.29) is 23.7 Å². The first-order chi connectivity index (χ1) is 9.81. The predicted octanol–water partition coefficient (Wildman–Crippen LogP) is 1.33. The second-order valence-electron chi connectivity index (χ2n) is 6.06. The summed E-state index contributed by atoms with van der Waals surface area (Å²) in [6.07, 6.45) is 4.45. The second-order valence-corrected chi connectivity index (χ2v) is 8.29. The molecule has 0 aromatic heterocycles. The van der Waals surface area contributed by atoms with Crippen molar-refractivity contribution in [3.05, 3.63) is 11.6 Å². The lowest BCUT2D eigenvalue weighted by Crippen LogP contribution is -2.42. The molecule has 2 aliphatic heterocycles. The van der Waals surface area contributed by atoms with E-state index in [0.29, 0.717) is 13.0 Å². The maximum absolute atomic E-state index is 12.3. The second kappa shape index (κ2) is 6.46. The highest BCUT2D eigenvalue weighted by atomic mass is 32.2. The number of ether oxygens (including phenoxy) is 1. The van der Waals surface area contributed by atoms with E-state index in [9.17, 15) is 13.2 Å². The third-order valence-electron chi connectivity index (χ3n) is 4.06. The number of nitrogens with one attached hydrogen (secondary N) is 1. The number of sulfone groups is 1. The quantitative estimate of drug-likeness (QED) is 0.625. The molecule has 7 heteroatoms. The number of carbonyl (C=O) groups excluding carboxylic acids is 1. The predicted molar refractivity (Wildman–Crippen MR) is 78.0 cm³/mol. The first kappa shape index (κ1) is 16.5. The van der Waals surface area contributed by atoms with Gasteiger partial charge in [-0.3, -0.25) is 4.79 Å². The Morgan fingerprint density at radius 2 is 2.19 bits per heavy atom. The Labute approximate surface area is 125 Å². The van der Waals surface area contributed by atoms with Crippen molar-refractivity contribution < 1.29 is 22.8 Å². The lowest BCUT2D eigenvalue weighted by atomic mass is 9.81. The smallest absolute Gasteiger partial charge is 0.253 e. The Hall–Kier alpha value is -0.920. The molecule has 1 amide bonds. The van der Waals surface area contributed by atoms with Crippen LogP contribution in [0.15, 0.2) is 11.6 Å². The van der Waals surface area contributed by atoms with Crippen molar-refractivity contribution in [2.75, 3.05) is 18.1 Å². The van der Waals surface area contributed by atoms with Gasteiger partial charge in [-0.15, -0.1) is 0 Å². The van der Waals surface area contributed by atoms with Gasteiger partial charge in [0.2, 0.25) is 0 Å². The summed E-state index contributed by atoms with van der Waals surface area (Å²) in [6, 6.07) is 0. The molecule has 0 bridgehead atoms. The molecule has 0 aliphatic carbocycles. The summed E-state index contributed by atoms with van der Waals surface area (Å²) in [5, 5.41) is 0. The van der Waals surface area contributed by atoms with Crippen LogP contribution in [0.2, 0.25) is 0 Å². The Bertz CT molecular complexity index is 517. The maximum atomic E-state index is 12.3. The molecule has 1 saturated heterocycles. The van der Waals surface area contributed by atoms with Crippen LogP contribution in [0.25, 0.3) is 0 Å². The summed E-state index contributed by atoms with van der Waals surface area (Å²) in [5.41, 5.74) is 2.51. The molecule has 0 aromatic rings. The molecule has 0 radical (unpaired) electrons. The molecular formula is C14H23NO5S. The van der Waals surface area contributed by atoms with Crippen molar-refractivity contribution in [3.8, 4) is 0 Å². The molecule has 21 heavy (non-hydrogen) atoms. The topological polar surface area (TPSA) is 81.7 Å². The molecule has 2 heterocycles. The van der Waals surface area contributed by atoms with Gasteiger partial charge in [-0.25, -0.2) is 18.7 Å². The van der Waals surface area contributed by atoms with E-state index in [0.717, 1.165) is 24.8 Å². The van der Waals surface area contributed by atoms with E-state index in [4.69, 9.17) is 9.57 Å². The number of hydroxylamine groups is 1. The van der Waals surface area contributed by atoms with Crippen molar-refractivity contribution in [1.29, 1.82) is 0 Å². The van der Waals surface area contributed by atoms with Gasteiger partial charge in [0.25, 0.3) is 5.91 Å². The molecular weight excluding hydrogens is 294 g/mol. The first-order valence-electron chi connectivity index (χ1n) is 7.29. The van der Waals surface area contributed by atoms with E-state index in [2.05, 4.69) is 5.48 Å². The van der Waals surface area contributed by atoms with Gasteiger partial charge in [-0.1, -0.05) is 11.6 Å². The number of carbonyl (C=O) groups is 1. The van der Waals surface area contributed by atoms with Crippen LogP contribution in [0.3, 0.4) is 0 Å². The summed E-state index contributed by atoms with van der Waals surface area (Å²) in [6.45, 7) is 4.20. The monoisotopic (exact) mass is 317 g/mol. The van der Waals surface area contributed by atoms with Gasteiger partial charge in [0.15, 0.2) is 16.1 Å². The fourth-order valence-corrected chi connectivity index (χ4v) is 3.60. The van der Waals surface area contributed by atoms with Gasteiger partial charge < -0.3 is 4.74 Å². The third kappa shape index (κ3) is 4.28. The fraction of sp³-hybridized carbons (Fsp3) is 0.786. The molecule has 0 aromatic carbocycles. The van der Waals surface area contributed by atoms with E-state index in [1.165, 1.54) is 0 Å². The molecule has 1 atom stereocenters. The van der Waals surface area contributed by atoms with Gasteiger partial charge >= 0.3 is 0 Å². The summed E-state index contributed by atoms with van der Waals surface area (Å²) >= 11 is 0. The van der Waals surface area contributed by atoms with E-state index >= 15 is 0 Å². The average molecular weight is 317 g/mol. The van der Waals surface area contributed by atoms with Crippen LogP contribution >= 0.6 is 0 Å². The largest absolute Gasteiger partial charge is 0.350 e. The minimum atomic E-state index is -2.99. The third-order valence-corrected chi connectivity index (χ3v) is 5.56. The summed E-state index contributed by atoms with van der Waals surface area (Å²) in [4.78, 5) is 17.6. The van der Waals surface area contributed by atoms with Crippen molar-refractivity contribution in [2.24, 2.45) is 5.41 Å². The summed E-state index contributed by atoms with van der Waals surface area (Å²) in [5.74, 6) is -0.171. The number of amides is 1. The normalized spacial score (nSPS) is 26.0. The van der Waals surface area contributed by atoms with E-state index in [1.54, 1.807) is 19.9 Å². The lowest BCUT2D eigenvalue weighted by molar-refractivity contribution is -0.203. The Balaban J connectivity index is 1.92. The van der Waals surface area contributed by atoms with Gasteiger partial charge in [-0.2, -0.15) is 0 Å². The molecule has 0 saturated carbocycles. The van der Waals surface area contributed by atoms with Gasteiger partial charge in [0, 0.05) is 13.0 Å².